The predicted octanol–water partition coefficient (Wildman–Crippen LogP) is 2.30. The molecular weight excluding hydrogens is 122 g/mol. The van der Waals surface area contributed by atoms with E-state index in [4.69, 9.17) is 5.73 Å². The highest BCUT2D eigenvalue weighted by Crippen LogP contribution is 2.32. The lowest BCUT2D eigenvalue weighted by molar-refractivity contribution is 0.299. The van der Waals surface area contributed by atoms with Crippen LogP contribution in [-0.2, 0) is 0 Å². The molecule has 1 heteroatoms. The van der Waals surface area contributed by atoms with Gasteiger partial charge in [0.1, 0.15) is 0 Å². The summed E-state index contributed by atoms with van der Waals surface area (Å²) in [5.41, 5.74) is 6.42. The maximum atomic E-state index is 5.91. The molecule has 0 bridgehead atoms. The molecule has 0 aliphatic heterocycles. The largest absolute Gasteiger partial charge is 0.328 e. The van der Waals surface area contributed by atoms with Crippen LogP contribution in [0.4, 0.5) is 0 Å². The van der Waals surface area contributed by atoms with Gasteiger partial charge in [-0.2, -0.15) is 0 Å². The number of hydrogen-bond acceptors (Lipinski definition) is 1. The molecule has 1 aliphatic rings. The number of hydrogen-bond donors (Lipinski definition) is 1. The Bertz CT molecular complexity index is 107. The van der Waals surface area contributed by atoms with Crippen LogP contribution in [0, 0.1) is 5.41 Å². The molecule has 0 spiro atoms. The van der Waals surface area contributed by atoms with Crippen LogP contribution in [0.1, 0.15) is 46.0 Å². The van der Waals surface area contributed by atoms with E-state index in [1.54, 1.807) is 0 Å². The normalized spacial score (nSPS) is 33.3. The fourth-order valence-corrected chi connectivity index (χ4v) is 1.92. The Kier molecular flexibility index (Phi) is 2.35. The molecule has 0 saturated heterocycles. The van der Waals surface area contributed by atoms with E-state index in [-0.39, 0.29) is 0 Å². The van der Waals surface area contributed by atoms with Crippen LogP contribution in [0.25, 0.3) is 0 Å². The lowest BCUT2D eigenvalue weighted by Gasteiger charge is -2.24. The molecule has 2 N–H and O–H groups in total. The first kappa shape index (κ1) is 8.06. The fraction of sp³-hybridized carbons (Fsp3) is 1.00. The first-order valence-corrected chi connectivity index (χ1v) is 4.36. The standard InChI is InChI=1S/C9H19N/c1-9(2)6-4-3-5-8(10)7-9/h8H,3-7,10H2,1-2H3. The second-order valence-electron chi connectivity index (χ2n) is 4.37. The summed E-state index contributed by atoms with van der Waals surface area (Å²) in [6.45, 7) is 4.66. The van der Waals surface area contributed by atoms with Crippen molar-refractivity contribution in [2.24, 2.45) is 11.1 Å². The van der Waals surface area contributed by atoms with Crippen LogP contribution in [0.2, 0.25) is 0 Å². The molecule has 0 aromatic rings. The van der Waals surface area contributed by atoms with Crippen molar-refractivity contribution in [3.05, 3.63) is 0 Å². The lowest BCUT2D eigenvalue weighted by Crippen LogP contribution is -2.25. The average Bonchev–Trinajstić information content (AvgIpc) is 1.90. The minimum absolute atomic E-state index is 0.470. The molecule has 0 aromatic heterocycles. The summed E-state index contributed by atoms with van der Waals surface area (Å²) >= 11 is 0. The third kappa shape index (κ3) is 2.30. The Morgan fingerprint density at radius 3 is 2.70 bits per heavy atom. The highest BCUT2D eigenvalue weighted by molar-refractivity contribution is 4.78. The van der Waals surface area contributed by atoms with Crippen LogP contribution in [0.3, 0.4) is 0 Å². The number of rotatable bonds is 0. The molecular formula is C9H19N. The van der Waals surface area contributed by atoms with Gasteiger partial charge in [-0.25, -0.2) is 0 Å². The molecule has 10 heavy (non-hydrogen) atoms. The van der Waals surface area contributed by atoms with Crippen LogP contribution in [0.15, 0.2) is 0 Å². The van der Waals surface area contributed by atoms with Gasteiger partial charge in [-0.05, 0) is 24.7 Å². The van der Waals surface area contributed by atoms with E-state index in [9.17, 15) is 0 Å². The van der Waals surface area contributed by atoms with E-state index < -0.39 is 0 Å². The van der Waals surface area contributed by atoms with Gasteiger partial charge in [-0.3, -0.25) is 0 Å². The molecule has 0 heterocycles. The van der Waals surface area contributed by atoms with Crippen LogP contribution in [-0.4, -0.2) is 6.04 Å². The van der Waals surface area contributed by atoms with Crippen molar-refractivity contribution in [1.29, 1.82) is 0 Å². The van der Waals surface area contributed by atoms with Crippen LogP contribution in [0.5, 0.6) is 0 Å². The molecule has 1 fully saturated rings. The smallest absolute Gasteiger partial charge is 0.00439 e. The van der Waals surface area contributed by atoms with Gasteiger partial charge in [0.25, 0.3) is 0 Å². The molecule has 0 radical (unpaired) electrons. The quantitative estimate of drug-likeness (QED) is 0.515. The van der Waals surface area contributed by atoms with E-state index in [2.05, 4.69) is 13.8 Å². The highest BCUT2D eigenvalue weighted by Gasteiger charge is 2.23. The Balaban J connectivity index is 2.46. The Hall–Kier alpha value is -0.0400. The van der Waals surface area contributed by atoms with E-state index in [1.807, 2.05) is 0 Å². The maximum Gasteiger partial charge on any atom is 0.00439 e. The first-order valence-electron chi connectivity index (χ1n) is 4.36. The van der Waals surface area contributed by atoms with Gasteiger partial charge in [0, 0.05) is 6.04 Å². The average molecular weight is 141 g/mol. The number of nitrogens with two attached hydrogens (primary N) is 1. The molecule has 0 amide bonds. The molecule has 1 unspecified atom stereocenters. The molecule has 1 nitrogen and oxygen atoms in total. The molecule has 1 aliphatic carbocycles. The summed E-state index contributed by atoms with van der Waals surface area (Å²) in [5, 5.41) is 0. The van der Waals surface area contributed by atoms with Crippen molar-refractivity contribution in [3.63, 3.8) is 0 Å². The third-order valence-corrected chi connectivity index (χ3v) is 2.49. The third-order valence-electron chi connectivity index (χ3n) is 2.49. The van der Waals surface area contributed by atoms with Gasteiger partial charge in [-0.1, -0.05) is 26.7 Å². The van der Waals surface area contributed by atoms with E-state index in [1.165, 1.54) is 32.1 Å². The van der Waals surface area contributed by atoms with Crippen LogP contribution >= 0.6 is 0 Å². The summed E-state index contributed by atoms with van der Waals surface area (Å²) in [6, 6.07) is 0.470. The second-order valence-corrected chi connectivity index (χ2v) is 4.37. The second kappa shape index (κ2) is 2.91. The lowest BCUT2D eigenvalue weighted by atomic mass is 9.84. The molecule has 1 atom stereocenters. The highest BCUT2D eigenvalue weighted by atomic mass is 14.6. The fourth-order valence-electron chi connectivity index (χ4n) is 1.92. The SMILES string of the molecule is CC1(C)CCCCC(N)C1. The summed E-state index contributed by atoms with van der Waals surface area (Å²) < 4.78 is 0. The predicted molar refractivity (Wildman–Crippen MR) is 44.8 cm³/mol. The van der Waals surface area contributed by atoms with Gasteiger partial charge in [0.05, 0.1) is 0 Å². The van der Waals surface area contributed by atoms with E-state index in [0.29, 0.717) is 11.5 Å². The molecule has 0 aromatic carbocycles. The Labute approximate surface area is 64.0 Å². The minimum Gasteiger partial charge on any atom is -0.328 e. The van der Waals surface area contributed by atoms with Gasteiger partial charge in [0.15, 0.2) is 0 Å². The van der Waals surface area contributed by atoms with E-state index in [0.717, 1.165) is 0 Å². The van der Waals surface area contributed by atoms with Crippen molar-refractivity contribution in [2.75, 3.05) is 0 Å². The van der Waals surface area contributed by atoms with Gasteiger partial charge < -0.3 is 5.73 Å². The zero-order valence-electron chi connectivity index (χ0n) is 7.19. The molecule has 1 rings (SSSR count). The van der Waals surface area contributed by atoms with Gasteiger partial charge in [0.2, 0.25) is 0 Å². The van der Waals surface area contributed by atoms with Crippen LogP contribution < -0.4 is 5.73 Å². The topological polar surface area (TPSA) is 26.0 Å². The van der Waals surface area contributed by atoms with Crippen molar-refractivity contribution in [3.8, 4) is 0 Å². The minimum atomic E-state index is 0.470. The first-order chi connectivity index (χ1) is 4.60. The summed E-state index contributed by atoms with van der Waals surface area (Å²) in [6.07, 6.45) is 6.53. The van der Waals surface area contributed by atoms with E-state index >= 15 is 0 Å². The van der Waals surface area contributed by atoms with Crippen molar-refractivity contribution >= 4 is 0 Å². The van der Waals surface area contributed by atoms with Crippen molar-refractivity contribution < 1.29 is 0 Å². The maximum absolute atomic E-state index is 5.91. The summed E-state index contributed by atoms with van der Waals surface area (Å²) in [5.74, 6) is 0. The molecule has 60 valence electrons. The van der Waals surface area contributed by atoms with Crippen molar-refractivity contribution in [2.45, 2.75) is 52.0 Å². The Morgan fingerprint density at radius 1 is 1.30 bits per heavy atom. The van der Waals surface area contributed by atoms with Gasteiger partial charge in [-0.15, -0.1) is 0 Å². The summed E-state index contributed by atoms with van der Waals surface area (Å²) in [4.78, 5) is 0. The monoisotopic (exact) mass is 141 g/mol. The summed E-state index contributed by atoms with van der Waals surface area (Å²) in [7, 11) is 0. The van der Waals surface area contributed by atoms with Gasteiger partial charge >= 0.3 is 0 Å². The zero-order valence-corrected chi connectivity index (χ0v) is 7.19. The molecule has 1 saturated carbocycles. The Morgan fingerprint density at radius 2 is 2.00 bits per heavy atom. The zero-order chi connectivity index (χ0) is 7.61. The van der Waals surface area contributed by atoms with Crippen molar-refractivity contribution in [1.82, 2.24) is 0 Å².